The van der Waals surface area contributed by atoms with Crippen LogP contribution in [0.15, 0.2) is 54.6 Å². The fraction of sp³-hybridized carbons (Fsp3) is 0.350. The van der Waals surface area contributed by atoms with E-state index in [1.165, 1.54) is 12.5 Å². The third-order valence-corrected chi connectivity index (χ3v) is 5.46. The highest BCUT2D eigenvalue weighted by molar-refractivity contribution is 14.1. The Hall–Kier alpha value is -1.60. The highest BCUT2D eigenvalue weighted by Crippen LogP contribution is 2.31. The lowest BCUT2D eigenvalue weighted by atomic mass is 9.88. The molecule has 2 atom stereocenters. The third kappa shape index (κ3) is 4.95. The van der Waals surface area contributed by atoms with Crippen molar-refractivity contribution in [3.63, 3.8) is 0 Å². The van der Waals surface area contributed by atoms with Crippen molar-refractivity contribution in [2.75, 3.05) is 23.0 Å². The summed E-state index contributed by atoms with van der Waals surface area (Å²) in [6.07, 6.45) is 1.17. The Morgan fingerprint density at radius 1 is 1.20 bits per heavy atom. The van der Waals surface area contributed by atoms with Gasteiger partial charge in [0.25, 0.3) is 0 Å². The lowest BCUT2D eigenvalue weighted by Gasteiger charge is -2.38. The summed E-state index contributed by atoms with van der Waals surface area (Å²) in [6, 6.07) is 18.3. The van der Waals surface area contributed by atoms with Crippen molar-refractivity contribution in [1.29, 1.82) is 0 Å². The van der Waals surface area contributed by atoms with Gasteiger partial charge in [-0.1, -0.05) is 52.9 Å². The van der Waals surface area contributed by atoms with Crippen LogP contribution >= 0.6 is 22.6 Å². The van der Waals surface area contributed by atoms with Gasteiger partial charge < -0.3 is 10.1 Å². The predicted molar refractivity (Wildman–Crippen MR) is 109 cm³/mol. The molecule has 0 aromatic heterocycles. The second-order valence-corrected chi connectivity index (χ2v) is 7.05. The molecule has 1 saturated heterocycles. The number of hydrogen-bond donors (Lipinski definition) is 1. The van der Waals surface area contributed by atoms with Gasteiger partial charge in [-0.3, -0.25) is 9.69 Å². The standard InChI is InChI=1S/C20H23IN2O2/c1-15(24)22-17-7-9-18(10-8-17)25-20-11-12-23(14-21)13-19(20)16-5-3-2-4-6-16/h2-10,19-20H,11-14H2,1H3,(H,22,24). The quantitative estimate of drug-likeness (QED) is 0.420. The van der Waals surface area contributed by atoms with E-state index in [0.29, 0.717) is 5.92 Å². The lowest BCUT2D eigenvalue weighted by molar-refractivity contribution is -0.114. The second kappa shape index (κ2) is 8.67. The first kappa shape index (κ1) is 18.2. The summed E-state index contributed by atoms with van der Waals surface area (Å²) in [5.74, 6) is 1.15. The van der Waals surface area contributed by atoms with Gasteiger partial charge in [-0.2, -0.15) is 0 Å². The number of piperidine rings is 1. The Kier molecular flexibility index (Phi) is 6.31. The molecular formula is C20H23IN2O2. The van der Waals surface area contributed by atoms with E-state index in [1.54, 1.807) is 0 Å². The van der Waals surface area contributed by atoms with Gasteiger partial charge in [0, 0.05) is 31.6 Å². The summed E-state index contributed by atoms with van der Waals surface area (Å²) in [7, 11) is 0. The molecule has 1 aliphatic heterocycles. The van der Waals surface area contributed by atoms with Gasteiger partial charge in [0.2, 0.25) is 5.91 Å². The molecule has 0 aliphatic carbocycles. The van der Waals surface area contributed by atoms with E-state index < -0.39 is 0 Å². The molecule has 1 amide bonds. The first-order valence-electron chi connectivity index (χ1n) is 8.53. The number of ether oxygens (including phenoxy) is 1. The zero-order valence-electron chi connectivity index (χ0n) is 14.3. The molecule has 3 rings (SSSR count). The molecule has 0 spiro atoms. The number of benzene rings is 2. The number of rotatable bonds is 5. The number of nitrogens with one attached hydrogen (secondary N) is 1. The number of likely N-dealkylation sites (tertiary alicyclic amines) is 1. The van der Waals surface area contributed by atoms with E-state index in [9.17, 15) is 4.79 Å². The van der Waals surface area contributed by atoms with Crippen LogP contribution in [0.25, 0.3) is 0 Å². The molecule has 0 radical (unpaired) electrons. The number of anilines is 1. The van der Waals surface area contributed by atoms with Crippen LogP contribution in [0, 0.1) is 0 Å². The molecular weight excluding hydrogens is 427 g/mol. The highest BCUT2D eigenvalue weighted by atomic mass is 127. The molecule has 5 heteroatoms. The summed E-state index contributed by atoms with van der Waals surface area (Å²) in [5, 5.41) is 2.78. The van der Waals surface area contributed by atoms with E-state index in [2.05, 4.69) is 63.1 Å². The van der Waals surface area contributed by atoms with Crippen molar-refractivity contribution in [2.45, 2.75) is 25.4 Å². The molecule has 2 aromatic carbocycles. The average Bonchev–Trinajstić information content (AvgIpc) is 2.64. The minimum Gasteiger partial charge on any atom is -0.490 e. The average molecular weight is 450 g/mol. The summed E-state index contributed by atoms with van der Waals surface area (Å²) in [4.78, 5) is 13.6. The Labute approximate surface area is 162 Å². The topological polar surface area (TPSA) is 41.6 Å². The fourth-order valence-corrected chi connectivity index (χ4v) is 3.88. The zero-order valence-corrected chi connectivity index (χ0v) is 16.5. The minimum atomic E-state index is -0.0658. The molecule has 1 heterocycles. The molecule has 25 heavy (non-hydrogen) atoms. The van der Waals surface area contributed by atoms with Gasteiger partial charge in [0.05, 0.1) is 4.55 Å². The Morgan fingerprint density at radius 3 is 2.56 bits per heavy atom. The first-order valence-corrected chi connectivity index (χ1v) is 10.1. The largest absolute Gasteiger partial charge is 0.490 e. The van der Waals surface area contributed by atoms with Gasteiger partial charge in [-0.25, -0.2) is 0 Å². The number of carbonyl (C=O) groups is 1. The van der Waals surface area contributed by atoms with Crippen molar-refractivity contribution >= 4 is 34.2 Å². The first-order chi connectivity index (χ1) is 12.2. The van der Waals surface area contributed by atoms with E-state index >= 15 is 0 Å². The van der Waals surface area contributed by atoms with Crippen LogP contribution in [-0.4, -0.2) is 34.6 Å². The van der Waals surface area contributed by atoms with E-state index in [4.69, 9.17) is 4.74 Å². The number of halogens is 1. The van der Waals surface area contributed by atoms with Crippen LogP contribution in [0.4, 0.5) is 5.69 Å². The summed E-state index contributed by atoms with van der Waals surface area (Å²) >= 11 is 2.43. The summed E-state index contributed by atoms with van der Waals surface area (Å²) in [5.41, 5.74) is 2.12. The van der Waals surface area contributed by atoms with E-state index in [-0.39, 0.29) is 12.0 Å². The number of amides is 1. The van der Waals surface area contributed by atoms with E-state index in [0.717, 1.165) is 35.5 Å². The Balaban J connectivity index is 1.73. The Morgan fingerprint density at radius 2 is 1.92 bits per heavy atom. The number of hydrogen-bond acceptors (Lipinski definition) is 3. The Bertz CT molecular complexity index is 691. The van der Waals surface area contributed by atoms with Crippen LogP contribution in [0.1, 0.15) is 24.8 Å². The number of nitrogens with zero attached hydrogens (tertiary/aromatic N) is 1. The van der Waals surface area contributed by atoms with Gasteiger partial charge in [0.1, 0.15) is 11.9 Å². The fourth-order valence-electron chi connectivity index (χ4n) is 3.26. The van der Waals surface area contributed by atoms with Gasteiger partial charge in [-0.05, 0) is 36.2 Å². The summed E-state index contributed by atoms with van der Waals surface area (Å²) in [6.45, 7) is 3.58. The molecule has 1 N–H and O–H groups in total. The summed E-state index contributed by atoms with van der Waals surface area (Å²) < 4.78 is 7.37. The van der Waals surface area contributed by atoms with Crippen LogP contribution < -0.4 is 10.1 Å². The third-order valence-electron chi connectivity index (χ3n) is 4.49. The van der Waals surface area contributed by atoms with Gasteiger partial charge in [-0.15, -0.1) is 0 Å². The van der Waals surface area contributed by atoms with Crippen molar-refractivity contribution < 1.29 is 9.53 Å². The molecule has 2 aromatic rings. The number of alkyl halides is 1. The molecule has 1 fully saturated rings. The zero-order chi connectivity index (χ0) is 17.6. The second-order valence-electron chi connectivity index (χ2n) is 6.36. The van der Waals surface area contributed by atoms with Crippen molar-refractivity contribution in [1.82, 2.24) is 4.90 Å². The normalized spacial score (nSPS) is 20.9. The van der Waals surface area contributed by atoms with Crippen LogP contribution in [0.3, 0.4) is 0 Å². The molecule has 0 bridgehead atoms. The maximum Gasteiger partial charge on any atom is 0.221 e. The molecule has 1 aliphatic rings. The smallest absolute Gasteiger partial charge is 0.221 e. The lowest BCUT2D eigenvalue weighted by Crippen LogP contribution is -2.43. The highest BCUT2D eigenvalue weighted by Gasteiger charge is 2.31. The van der Waals surface area contributed by atoms with Gasteiger partial charge >= 0.3 is 0 Å². The molecule has 4 nitrogen and oxygen atoms in total. The van der Waals surface area contributed by atoms with Crippen molar-refractivity contribution in [2.24, 2.45) is 0 Å². The van der Waals surface area contributed by atoms with Crippen LogP contribution in [0.2, 0.25) is 0 Å². The molecule has 132 valence electrons. The number of carbonyl (C=O) groups excluding carboxylic acids is 1. The minimum absolute atomic E-state index is 0.0658. The molecule has 0 saturated carbocycles. The van der Waals surface area contributed by atoms with Crippen LogP contribution in [0.5, 0.6) is 5.75 Å². The SMILES string of the molecule is CC(=O)Nc1ccc(OC2CCN(CI)CC2c2ccccc2)cc1. The maximum atomic E-state index is 11.1. The van der Waals surface area contributed by atoms with Crippen LogP contribution in [-0.2, 0) is 4.79 Å². The molecule has 2 unspecified atom stereocenters. The van der Waals surface area contributed by atoms with Gasteiger partial charge in [0.15, 0.2) is 0 Å². The maximum absolute atomic E-state index is 11.1. The van der Waals surface area contributed by atoms with E-state index in [1.807, 2.05) is 24.3 Å². The monoisotopic (exact) mass is 450 g/mol. The van der Waals surface area contributed by atoms with Crippen molar-refractivity contribution in [3.05, 3.63) is 60.2 Å². The predicted octanol–water partition coefficient (Wildman–Crippen LogP) is 4.27. The van der Waals surface area contributed by atoms with Crippen molar-refractivity contribution in [3.8, 4) is 5.75 Å².